The van der Waals surface area contributed by atoms with Crippen LogP contribution in [0.15, 0.2) is 4.99 Å². The molecule has 2 N–H and O–H groups in total. The van der Waals surface area contributed by atoms with E-state index in [1.807, 2.05) is 6.92 Å². The average Bonchev–Trinajstić information content (AvgIpc) is 2.66. The second-order valence-corrected chi connectivity index (χ2v) is 11.5. The summed E-state index contributed by atoms with van der Waals surface area (Å²) in [6.45, 7) is 14.3. The van der Waals surface area contributed by atoms with Crippen molar-refractivity contribution in [2.45, 2.75) is 78.9 Å². The van der Waals surface area contributed by atoms with Crippen molar-refractivity contribution < 1.29 is 13.2 Å². The molecule has 0 radical (unpaired) electrons. The molecule has 9 heteroatoms. The minimum atomic E-state index is -3.09. The molecule has 0 spiro atoms. The van der Waals surface area contributed by atoms with Gasteiger partial charge in [0.2, 0.25) is 10.0 Å². The maximum atomic E-state index is 12.3. The maximum Gasteiger partial charge on any atom is 0.214 e. The molecule has 2 aliphatic rings. The highest BCUT2D eigenvalue weighted by atomic mass is 127. The third kappa shape index (κ3) is 8.43. The Kier molecular flexibility index (Phi) is 11.9. The minimum Gasteiger partial charge on any atom is -0.377 e. The quantitative estimate of drug-likeness (QED) is 0.285. The van der Waals surface area contributed by atoms with Crippen LogP contribution >= 0.6 is 24.0 Å². The van der Waals surface area contributed by atoms with Gasteiger partial charge in [-0.25, -0.2) is 12.7 Å². The Morgan fingerprint density at radius 1 is 1.17 bits per heavy atom. The van der Waals surface area contributed by atoms with E-state index in [4.69, 9.17) is 9.73 Å². The molecule has 0 aromatic heterocycles. The van der Waals surface area contributed by atoms with E-state index in [0.29, 0.717) is 25.4 Å². The lowest BCUT2D eigenvalue weighted by molar-refractivity contribution is -0.0823. The van der Waals surface area contributed by atoms with Crippen LogP contribution in [0.1, 0.15) is 66.7 Å². The zero-order valence-electron chi connectivity index (χ0n) is 19.4. The van der Waals surface area contributed by atoms with Gasteiger partial charge in [0.1, 0.15) is 0 Å². The molecule has 2 atom stereocenters. The maximum absolute atomic E-state index is 12.3. The largest absolute Gasteiger partial charge is 0.377 e. The monoisotopic (exact) mass is 558 g/mol. The lowest BCUT2D eigenvalue weighted by Crippen LogP contribution is -2.50. The third-order valence-corrected chi connectivity index (χ3v) is 7.85. The lowest BCUT2D eigenvalue weighted by atomic mass is 9.78. The van der Waals surface area contributed by atoms with E-state index in [9.17, 15) is 8.42 Å². The summed E-state index contributed by atoms with van der Waals surface area (Å²) in [5, 5.41) is 6.88. The molecule has 0 aromatic rings. The Hall–Kier alpha value is -0.130. The summed E-state index contributed by atoms with van der Waals surface area (Å²) in [5.74, 6) is 1.51. The highest BCUT2D eigenvalue weighted by Crippen LogP contribution is 2.34. The number of piperidine rings is 1. The first-order valence-electron chi connectivity index (χ1n) is 11.3. The van der Waals surface area contributed by atoms with Gasteiger partial charge in [0.25, 0.3) is 0 Å². The molecular weight excluding hydrogens is 515 g/mol. The Bertz CT molecular complexity index is 629. The summed E-state index contributed by atoms with van der Waals surface area (Å²) in [5.41, 5.74) is 0.114. The third-order valence-electron chi connectivity index (χ3n) is 5.78. The van der Waals surface area contributed by atoms with Crippen molar-refractivity contribution in [3.8, 4) is 0 Å². The van der Waals surface area contributed by atoms with Crippen molar-refractivity contribution in [3.05, 3.63) is 0 Å². The number of halogens is 1. The van der Waals surface area contributed by atoms with Gasteiger partial charge in [0.05, 0.1) is 11.9 Å². The van der Waals surface area contributed by atoms with Gasteiger partial charge in [-0.1, -0.05) is 27.7 Å². The van der Waals surface area contributed by atoms with Crippen LogP contribution in [0.2, 0.25) is 0 Å². The van der Waals surface area contributed by atoms with E-state index < -0.39 is 10.0 Å². The number of rotatable bonds is 7. The Balaban J connectivity index is 0.00000450. The predicted octanol–water partition coefficient (Wildman–Crippen LogP) is 3.21. The van der Waals surface area contributed by atoms with Crippen molar-refractivity contribution in [1.29, 1.82) is 0 Å². The second kappa shape index (κ2) is 12.8. The van der Waals surface area contributed by atoms with E-state index in [1.165, 1.54) is 0 Å². The number of hydrogen-bond acceptors (Lipinski definition) is 4. The molecule has 0 aliphatic carbocycles. The van der Waals surface area contributed by atoms with Crippen LogP contribution in [0.3, 0.4) is 0 Å². The van der Waals surface area contributed by atoms with E-state index in [-0.39, 0.29) is 47.3 Å². The Morgan fingerprint density at radius 2 is 1.83 bits per heavy atom. The number of aliphatic imine (C=N–C) groups is 1. The summed E-state index contributed by atoms with van der Waals surface area (Å²) in [4.78, 5) is 4.87. The highest BCUT2D eigenvalue weighted by molar-refractivity contribution is 14.0. The van der Waals surface area contributed by atoms with Crippen LogP contribution in [0.25, 0.3) is 0 Å². The molecule has 0 bridgehead atoms. The van der Waals surface area contributed by atoms with E-state index in [1.54, 1.807) is 4.31 Å². The summed E-state index contributed by atoms with van der Waals surface area (Å²) < 4.78 is 32.3. The smallest absolute Gasteiger partial charge is 0.214 e. The van der Waals surface area contributed by atoms with Crippen LogP contribution in [0.4, 0.5) is 0 Å². The Labute approximate surface area is 201 Å². The summed E-state index contributed by atoms with van der Waals surface area (Å²) in [7, 11) is -3.09. The molecule has 2 fully saturated rings. The number of guanidine groups is 1. The normalized spacial score (nSPS) is 24.9. The summed E-state index contributed by atoms with van der Waals surface area (Å²) in [6.07, 6.45) is 4.77. The molecule has 7 nitrogen and oxygen atoms in total. The lowest BCUT2D eigenvalue weighted by Gasteiger charge is -2.39. The number of sulfonamides is 1. The van der Waals surface area contributed by atoms with Crippen LogP contribution < -0.4 is 10.6 Å². The number of ether oxygens (including phenoxy) is 1. The van der Waals surface area contributed by atoms with E-state index in [2.05, 4.69) is 38.3 Å². The van der Waals surface area contributed by atoms with Crippen LogP contribution in [0, 0.1) is 11.3 Å². The van der Waals surface area contributed by atoms with Gasteiger partial charge in [-0.15, -0.1) is 24.0 Å². The molecule has 0 saturated carbocycles. The zero-order chi connectivity index (χ0) is 21.5. The van der Waals surface area contributed by atoms with Crippen LogP contribution in [-0.2, 0) is 14.8 Å². The van der Waals surface area contributed by atoms with Gasteiger partial charge in [-0.3, -0.25) is 4.99 Å². The SMILES string of the molecule is CCCS(=O)(=O)N1CCC(NC(=NCC2CCCOC2C(C)(C)C)NCC)CC1.I. The van der Waals surface area contributed by atoms with Gasteiger partial charge in [-0.05, 0) is 44.4 Å². The first kappa shape index (κ1) is 27.9. The Morgan fingerprint density at radius 3 is 2.40 bits per heavy atom. The standard InChI is InChI=1S/C21H42N4O3S.HI/c1-6-15-29(26,27)25-12-10-18(11-13-25)24-20(22-7-2)23-16-17-9-8-14-28-19(17)21(3,4)5;/h17-19H,6-16H2,1-5H3,(H2,22,23,24);1H. The van der Waals surface area contributed by atoms with Crippen LogP contribution in [-0.4, -0.2) is 69.4 Å². The van der Waals surface area contributed by atoms with Crippen molar-refractivity contribution >= 4 is 40.0 Å². The molecule has 2 unspecified atom stereocenters. The molecule has 2 heterocycles. The van der Waals surface area contributed by atoms with Gasteiger partial charge in [0, 0.05) is 44.7 Å². The average molecular weight is 559 g/mol. The van der Waals surface area contributed by atoms with Gasteiger partial charge >= 0.3 is 0 Å². The number of nitrogens with zero attached hydrogens (tertiary/aromatic N) is 2. The molecule has 2 rings (SSSR count). The summed E-state index contributed by atoms with van der Waals surface area (Å²) >= 11 is 0. The highest BCUT2D eigenvalue weighted by Gasteiger charge is 2.35. The van der Waals surface area contributed by atoms with Gasteiger partial charge in [-0.2, -0.15) is 0 Å². The molecule has 178 valence electrons. The number of hydrogen-bond donors (Lipinski definition) is 2. The summed E-state index contributed by atoms with van der Waals surface area (Å²) in [6, 6.07) is 0.252. The fraction of sp³-hybridized carbons (Fsp3) is 0.952. The zero-order valence-corrected chi connectivity index (χ0v) is 22.6. The van der Waals surface area contributed by atoms with Gasteiger partial charge < -0.3 is 15.4 Å². The molecule has 0 amide bonds. The second-order valence-electron chi connectivity index (χ2n) is 9.41. The van der Waals surface area contributed by atoms with Crippen molar-refractivity contribution in [2.75, 3.05) is 38.5 Å². The topological polar surface area (TPSA) is 83.0 Å². The fourth-order valence-corrected chi connectivity index (χ4v) is 5.92. The molecule has 0 aromatic carbocycles. The number of nitrogens with one attached hydrogen (secondary N) is 2. The van der Waals surface area contributed by atoms with Crippen molar-refractivity contribution in [2.24, 2.45) is 16.3 Å². The van der Waals surface area contributed by atoms with E-state index in [0.717, 1.165) is 51.3 Å². The van der Waals surface area contributed by atoms with Crippen molar-refractivity contribution in [1.82, 2.24) is 14.9 Å². The molecule has 30 heavy (non-hydrogen) atoms. The van der Waals surface area contributed by atoms with E-state index >= 15 is 0 Å². The van der Waals surface area contributed by atoms with Crippen LogP contribution in [0.5, 0.6) is 0 Å². The first-order chi connectivity index (χ1) is 13.7. The van der Waals surface area contributed by atoms with Gasteiger partial charge in [0.15, 0.2) is 5.96 Å². The molecule has 2 aliphatic heterocycles. The molecular formula is C21H43IN4O3S. The predicted molar refractivity (Wildman–Crippen MR) is 135 cm³/mol. The van der Waals surface area contributed by atoms with Crippen molar-refractivity contribution in [3.63, 3.8) is 0 Å². The minimum absolute atomic E-state index is 0. The fourth-order valence-electron chi connectivity index (χ4n) is 4.37. The molecule has 2 saturated heterocycles. The first-order valence-corrected chi connectivity index (χ1v) is 12.9.